The van der Waals surface area contributed by atoms with Gasteiger partial charge in [-0.05, 0) is 35.0 Å². The van der Waals surface area contributed by atoms with Crippen molar-refractivity contribution >= 4 is 23.4 Å². The van der Waals surface area contributed by atoms with E-state index in [1.54, 1.807) is 23.6 Å². The predicted octanol–water partition coefficient (Wildman–Crippen LogP) is -0.843. The predicted molar refractivity (Wildman–Crippen MR) is 90.4 cm³/mol. The van der Waals surface area contributed by atoms with Crippen LogP contribution in [-0.2, 0) is 13.6 Å². The molecule has 24 heavy (non-hydrogen) atoms. The van der Waals surface area contributed by atoms with Crippen molar-refractivity contribution < 1.29 is 21.9 Å². The Bertz CT molecular complexity index is 642. The summed E-state index contributed by atoms with van der Waals surface area (Å²) < 4.78 is 12.5. The maximum Gasteiger partial charge on any atom is 0.209 e. The topological polar surface area (TPSA) is 74.1 Å². The lowest BCUT2D eigenvalue weighted by molar-refractivity contribution is -0.00000563. The molecule has 2 rings (SSSR count). The summed E-state index contributed by atoms with van der Waals surface area (Å²) in [5.74, 6) is 2.11. The first-order valence-corrected chi connectivity index (χ1v) is 8.57. The highest BCUT2D eigenvalue weighted by molar-refractivity contribution is 7.99. The van der Waals surface area contributed by atoms with Gasteiger partial charge in [0.05, 0.1) is 18.7 Å². The number of nitrogens with one attached hydrogen (secondary N) is 1. The van der Waals surface area contributed by atoms with E-state index in [-0.39, 0.29) is 12.4 Å². The van der Waals surface area contributed by atoms with Gasteiger partial charge in [0.2, 0.25) is 5.16 Å². The number of aromatic nitrogens is 4. The molecule has 1 aromatic carbocycles. The number of benzene rings is 1. The zero-order chi connectivity index (χ0) is 16.7. The molecule has 1 heterocycles. The number of hydrogen-bond donors (Lipinski definition) is 1. The quantitative estimate of drug-likeness (QED) is 0.440. The number of rotatable bonds is 9. The van der Waals surface area contributed by atoms with Crippen LogP contribution in [0.4, 0.5) is 0 Å². The first-order valence-electron chi connectivity index (χ1n) is 7.20. The van der Waals surface area contributed by atoms with Crippen molar-refractivity contribution in [2.45, 2.75) is 18.6 Å². The molecule has 0 bridgehead atoms. The Morgan fingerprint density at radius 2 is 2.17 bits per heavy atom. The Kier molecular flexibility index (Phi) is 9.20. The van der Waals surface area contributed by atoms with Gasteiger partial charge in [0.25, 0.3) is 0 Å². The van der Waals surface area contributed by atoms with Crippen molar-refractivity contribution in [1.29, 1.82) is 0 Å². The molecule has 0 atom stereocenters. The molecule has 1 N–H and O–H groups in total. The van der Waals surface area contributed by atoms with E-state index in [0.29, 0.717) is 29.7 Å². The fourth-order valence-corrected chi connectivity index (χ4v) is 2.98. The molecule has 10 heteroatoms. The van der Waals surface area contributed by atoms with Crippen molar-refractivity contribution in [2.24, 2.45) is 7.05 Å². The SMILES string of the molecule is CCOc1c(Cl)cc(CNCCSc2nnnn2C)cc1OC.[Cl-]. The second-order valence-electron chi connectivity index (χ2n) is 4.65. The van der Waals surface area contributed by atoms with Crippen molar-refractivity contribution in [3.05, 3.63) is 22.7 Å². The van der Waals surface area contributed by atoms with Crippen LogP contribution in [0.2, 0.25) is 5.02 Å². The minimum absolute atomic E-state index is 0. The number of nitrogens with zero attached hydrogens (tertiary/aromatic N) is 4. The van der Waals surface area contributed by atoms with Crippen molar-refractivity contribution in [2.75, 3.05) is 26.0 Å². The highest BCUT2D eigenvalue weighted by Gasteiger charge is 2.11. The third-order valence-corrected chi connectivity index (χ3v) is 4.29. The zero-order valence-corrected chi connectivity index (χ0v) is 16.1. The Morgan fingerprint density at radius 3 is 2.79 bits per heavy atom. The summed E-state index contributed by atoms with van der Waals surface area (Å²) in [6, 6.07) is 3.82. The minimum atomic E-state index is 0. The van der Waals surface area contributed by atoms with Crippen LogP contribution in [0.3, 0.4) is 0 Å². The molecule has 0 fully saturated rings. The van der Waals surface area contributed by atoms with E-state index in [1.165, 1.54) is 0 Å². The number of aryl methyl sites for hydroxylation is 1. The van der Waals surface area contributed by atoms with Gasteiger partial charge >= 0.3 is 0 Å². The number of hydrogen-bond acceptors (Lipinski definition) is 7. The molecule has 0 aliphatic heterocycles. The highest BCUT2D eigenvalue weighted by atomic mass is 35.5. The smallest absolute Gasteiger partial charge is 0.209 e. The van der Waals surface area contributed by atoms with E-state index < -0.39 is 0 Å². The van der Waals surface area contributed by atoms with Crippen LogP contribution in [0, 0.1) is 0 Å². The Morgan fingerprint density at radius 1 is 1.38 bits per heavy atom. The van der Waals surface area contributed by atoms with Crippen LogP contribution < -0.4 is 27.2 Å². The molecule has 2 aromatic rings. The van der Waals surface area contributed by atoms with Gasteiger partial charge in [-0.1, -0.05) is 23.4 Å². The first-order chi connectivity index (χ1) is 11.2. The van der Waals surface area contributed by atoms with Gasteiger partial charge in [-0.25, -0.2) is 4.68 Å². The second-order valence-corrected chi connectivity index (χ2v) is 6.12. The van der Waals surface area contributed by atoms with E-state index in [4.69, 9.17) is 21.1 Å². The summed E-state index contributed by atoms with van der Waals surface area (Å²) in [4.78, 5) is 0. The molecule has 0 aliphatic rings. The van der Waals surface area contributed by atoms with Gasteiger partial charge in [-0.15, -0.1) is 5.10 Å². The second kappa shape index (κ2) is 10.6. The average molecular weight is 393 g/mol. The van der Waals surface area contributed by atoms with Gasteiger partial charge < -0.3 is 27.2 Å². The van der Waals surface area contributed by atoms with E-state index in [0.717, 1.165) is 23.0 Å². The maximum atomic E-state index is 6.26. The minimum Gasteiger partial charge on any atom is -1.00 e. The number of tetrazole rings is 1. The van der Waals surface area contributed by atoms with Gasteiger partial charge in [0.15, 0.2) is 11.5 Å². The third kappa shape index (κ3) is 5.70. The van der Waals surface area contributed by atoms with Gasteiger partial charge in [0, 0.05) is 25.9 Å². The Hall–Kier alpha value is -1.22. The van der Waals surface area contributed by atoms with Crippen LogP contribution in [0.1, 0.15) is 12.5 Å². The summed E-state index contributed by atoms with van der Waals surface area (Å²) in [5, 5.41) is 16.0. The van der Waals surface area contributed by atoms with E-state index in [2.05, 4.69) is 20.8 Å². The molecule has 7 nitrogen and oxygen atoms in total. The summed E-state index contributed by atoms with van der Waals surface area (Å²) in [5.41, 5.74) is 1.04. The first kappa shape index (κ1) is 20.8. The molecule has 0 unspecified atom stereocenters. The maximum absolute atomic E-state index is 6.26. The van der Waals surface area contributed by atoms with Crippen molar-refractivity contribution in [1.82, 2.24) is 25.5 Å². The normalized spacial score (nSPS) is 10.3. The Labute approximate surface area is 156 Å². The standard InChI is InChI=1S/C14H20ClN5O2S.ClH/c1-4-22-13-11(15)7-10(8-12(13)21-3)9-16-5-6-23-14-17-18-19-20(14)2;/h7-8,16H,4-6,9H2,1-3H3;1H/p-1. The molecule has 0 aliphatic carbocycles. The number of thioether (sulfide) groups is 1. The summed E-state index contributed by atoms with van der Waals surface area (Å²) in [6.45, 7) is 3.97. The molecule has 0 spiro atoms. The molecule has 0 saturated carbocycles. The van der Waals surface area contributed by atoms with Crippen LogP contribution in [-0.4, -0.2) is 46.2 Å². The number of ether oxygens (including phenoxy) is 2. The molecule has 134 valence electrons. The lowest BCUT2D eigenvalue weighted by Crippen LogP contribution is -3.00. The van der Waals surface area contributed by atoms with Crippen LogP contribution in [0.15, 0.2) is 17.3 Å². The summed E-state index contributed by atoms with van der Waals surface area (Å²) in [6.07, 6.45) is 0. The molecule has 0 amide bonds. The fourth-order valence-electron chi connectivity index (χ4n) is 1.95. The lowest BCUT2D eigenvalue weighted by Gasteiger charge is -2.13. The van der Waals surface area contributed by atoms with Gasteiger partial charge in [0.1, 0.15) is 0 Å². The van der Waals surface area contributed by atoms with Crippen LogP contribution in [0.5, 0.6) is 11.5 Å². The fraction of sp³-hybridized carbons (Fsp3) is 0.500. The molecular formula is C14H20Cl2N5O2S-. The van der Waals surface area contributed by atoms with Gasteiger partial charge in [-0.3, -0.25) is 0 Å². The monoisotopic (exact) mass is 392 g/mol. The van der Waals surface area contributed by atoms with E-state index in [9.17, 15) is 0 Å². The lowest BCUT2D eigenvalue weighted by atomic mass is 10.2. The third-order valence-electron chi connectivity index (χ3n) is 3.00. The summed E-state index contributed by atoms with van der Waals surface area (Å²) >= 11 is 7.86. The van der Waals surface area contributed by atoms with Crippen molar-refractivity contribution in [3.63, 3.8) is 0 Å². The number of methoxy groups -OCH3 is 1. The average Bonchev–Trinajstić information content (AvgIpc) is 2.94. The number of halogens is 2. The van der Waals surface area contributed by atoms with Crippen LogP contribution in [0.25, 0.3) is 0 Å². The molecule has 1 aromatic heterocycles. The largest absolute Gasteiger partial charge is 1.00 e. The molecular weight excluding hydrogens is 373 g/mol. The van der Waals surface area contributed by atoms with E-state index >= 15 is 0 Å². The highest BCUT2D eigenvalue weighted by Crippen LogP contribution is 2.36. The Balaban J connectivity index is 0.00000288. The van der Waals surface area contributed by atoms with Gasteiger partial charge in [-0.2, -0.15) is 0 Å². The van der Waals surface area contributed by atoms with Crippen molar-refractivity contribution in [3.8, 4) is 11.5 Å². The zero-order valence-electron chi connectivity index (χ0n) is 13.8. The van der Waals surface area contributed by atoms with Crippen LogP contribution >= 0.6 is 23.4 Å². The molecule has 0 saturated heterocycles. The molecule has 0 radical (unpaired) electrons. The summed E-state index contributed by atoms with van der Waals surface area (Å²) in [7, 11) is 3.43. The van der Waals surface area contributed by atoms with E-state index in [1.807, 2.05) is 26.1 Å².